The highest BCUT2D eigenvalue weighted by atomic mass is 16.6. The average molecular weight is 286 g/mol. The van der Waals surface area contributed by atoms with Gasteiger partial charge in [0.15, 0.2) is 0 Å². The zero-order valence-corrected chi connectivity index (χ0v) is 11.6. The molecule has 2 rings (SSSR count). The number of hydrogen-bond donors (Lipinski definition) is 1. The highest BCUT2D eigenvalue weighted by molar-refractivity contribution is 5.89. The summed E-state index contributed by atoms with van der Waals surface area (Å²) in [6.45, 7) is 3.74. The molecule has 0 saturated carbocycles. The van der Waals surface area contributed by atoms with Crippen molar-refractivity contribution in [2.24, 2.45) is 0 Å². The van der Waals surface area contributed by atoms with Gasteiger partial charge in [-0.25, -0.2) is 4.79 Å². The summed E-state index contributed by atoms with van der Waals surface area (Å²) in [7, 11) is 0. The normalized spacial score (nSPS) is 10.6. The summed E-state index contributed by atoms with van der Waals surface area (Å²) in [5.41, 5.74) is 1.98. The Morgan fingerprint density at radius 2 is 1.81 bits per heavy atom. The number of rotatable bonds is 4. The van der Waals surface area contributed by atoms with E-state index in [4.69, 9.17) is 5.11 Å². The smallest absolute Gasteiger partial charge is 0.337 e. The molecule has 1 aromatic heterocycles. The molecule has 0 saturated heterocycles. The molecule has 6 nitrogen and oxygen atoms in total. The van der Waals surface area contributed by atoms with Crippen LogP contribution in [0.5, 0.6) is 0 Å². The Hall–Kier alpha value is -2.76. The summed E-state index contributed by atoms with van der Waals surface area (Å²) in [4.78, 5) is 25.7. The van der Waals surface area contributed by atoms with Crippen molar-refractivity contribution in [2.45, 2.75) is 19.8 Å². The molecular weight excluding hydrogens is 272 g/mol. The Labute approximate surface area is 121 Å². The number of pyridine rings is 1. The van der Waals surface area contributed by atoms with E-state index in [2.05, 4.69) is 4.98 Å². The topological polar surface area (TPSA) is 93.3 Å². The summed E-state index contributed by atoms with van der Waals surface area (Å²) in [5, 5.41) is 19.8. The van der Waals surface area contributed by atoms with Crippen LogP contribution in [0.15, 0.2) is 36.4 Å². The summed E-state index contributed by atoms with van der Waals surface area (Å²) >= 11 is 0. The molecule has 0 aliphatic rings. The molecule has 1 N–H and O–H groups in total. The third kappa shape index (κ3) is 3.05. The van der Waals surface area contributed by atoms with E-state index in [0.29, 0.717) is 17.0 Å². The van der Waals surface area contributed by atoms with Crippen LogP contribution in [0.2, 0.25) is 0 Å². The second-order valence-corrected chi connectivity index (χ2v) is 4.89. The SMILES string of the molecule is CC(C)c1nc(-c2ccc([N+](=O)[O-])cc2)ccc1C(=O)O. The van der Waals surface area contributed by atoms with Gasteiger partial charge in [0.25, 0.3) is 5.69 Å². The number of non-ortho nitro benzene ring substituents is 1. The molecule has 0 fully saturated rings. The Kier molecular flexibility index (Phi) is 3.98. The minimum Gasteiger partial charge on any atom is -0.478 e. The standard InChI is InChI=1S/C15H14N2O4/c1-9(2)14-12(15(18)19)7-8-13(16-14)10-3-5-11(6-4-10)17(20)21/h3-9H,1-2H3,(H,18,19). The lowest BCUT2D eigenvalue weighted by molar-refractivity contribution is -0.384. The number of nitro benzene ring substituents is 1. The van der Waals surface area contributed by atoms with Gasteiger partial charge in [-0.1, -0.05) is 13.8 Å². The lowest BCUT2D eigenvalue weighted by Gasteiger charge is -2.11. The van der Waals surface area contributed by atoms with Gasteiger partial charge >= 0.3 is 5.97 Å². The minimum absolute atomic E-state index is 0.00462. The Morgan fingerprint density at radius 3 is 2.29 bits per heavy atom. The van der Waals surface area contributed by atoms with Crippen molar-refractivity contribution < 1.29 is 14.8 Å². The summed E-state index contributed by atoms with van der Waals surface area (Å²) in [6, 6.07) is 9.13. The number of nitro groups is 1. The number of nitrogens with zero attached hydrogens (tertiary/aromatic N) is 2. The molecule has 0 aliphatic carbocycles. The number of benzene rings is 1. The Morgan fingerprint density at radius 1 is 1.19 bits per heavy atom. The lowest BCUT2D eigenvalue weighted by Crippen LogP contribution is -2.07. The molecule has 2 aromatic rings. The number of carboxylic acid groups (broad SMARTS) is 1. The Balaban J connectivity index is 2.47. The molecule has 1 heterocycles. The second-order valence-electron chi connectivity index (χ2n) is 4.89. The third-order valence-electron chi connectivity index (χ3n) is 3.08. The van der Waals surface area contributed by atoms with Gasteiger partial charge < -0.3 is 5.11 Å². The highest BCUT2D eigenvalue weighted by Crippen LogP contribution is 2.25. The third-order valence-corrected chi connectivity index (χ3v) is 3.08. The fourth-order valence-corrected chi connectivity index (χ4v) is 2.01. The van der Waals surface area contributed by atoms with Crippen molar-refractivity contribution in [3.8, 4) is 11.3 Å². The first kappa shape index (κ1) is 14.6. The first-order chi connectivity index (χ1) is 9.90. The molecule has 0 atom stereocenters. The molecule has 0 amide bonds. The minimum atomic E-state index is -1.01. The molecule has 0 unspecified atom stereocenters. The molecule has 0 aliphatic heterocycles. The van der Waals surface area contributed by atoms with E-state index in [-0.39, 0.29) is 17.2 Å². The van der Waals surface area contributed by atoms with E-state index in [0.717, 1.165) is 0 Å². The predicted octanol–water partition coefficient (Wildman–Crippen LogP) is 3.48. The molecule has 0 bridgehead atoms. The summed E-state index contributed by atoms with van der Waals surface area (Å²) in [5.74, 6) is -1.05. The van der Waals surface area contributed by atoms with Crippen LogP contribution < -0.4 is 0 Å². The number of aromatic nitrogens is 1. The van der Waals surface area contributed by atoms with Crippen LogP contribution in [0.1, 0.15) is 35.8 Å². The van der Waals surface area contributed by atoms with E-state index < -0.39 is 10.9 Å². The monoisotopic (exact) mass is 286 g/mol. The van der Waals surface area contributed by atoms with Crippen LogP contribution in [0, 0.1) is 10.1 Å². The highest BCUT2D eigenvalue weighted by Gasteiger charge is 2.16. The molecular formula is C15H14N2O4. The van der Waals surface area contributed by atoms with E-state index in [1.165, 1.54) is 18.2 Å². The molecule has 0 spiro atoms. The number of aromatic carboxylic acids is 1. The average Bonchev–Trinajstić information content (AvgIpc) is 2.46. The van der Waals surface area contributed by atoms with Crippen LogP contribution in [-0.4, -0.2) is 21.0 Å². The van der Waals surface area contributed by atoms with Crippen molar-refractivity contribution in [1.29, 1.82) is 0 Å². The maximum absolute atomic E-state index is 11.2. The first-order valence-electron chi connectivity index (χ1n) is 6.39. The van der Waals surface area contributed by atoms with Crippen LogP contribution in [-0.2, 0) is 0 Å². The fourth-order valence-electron chi connectivity index (χ4n) is 2.01. The van der Waals surface area contributed by atoms with Crippen LogP contribution in [0.4, 0.5) is 5.69 Å². The summed E-state index contributed by atoms with van der Waals surface area (Å²) < 4.78 is 0. The van der Waals surface area contributed by atoms with Crippen molar-refractivity contribution in [3.05, 3.63) is 57.8 Å². The van der Waals surface area contributed by atoms with E-state index >= 15 is 0 Å². The molecule has 21 heavy (non-hydrogen) atoms. The Bertz CT molecular complexity index is 693. The van der Waals surface area contributed by atoms with Gasteiger partial charge in [-0.05, 0) is 30.2 Å². The molecule has 108 valence electrons. The molecule has 1 aromatic carbocycles. The molecule has 0 radical (unpaired) electrons. The largest absolute Gasteiger partial charge is 0.478 e. The number of carboxylic acids is 1. The quantitative estimate of drug-likeness (QED) is 0.686. The van der Waals surface area contributed by atoms with Gasteiger partial charge in [0, 0.05) is 17.7 Å². The van der Waals surface area contributed by atoms with Gasteiger partial charge in [0.1, 0.15) is 0 Å². The van der Waals surface area contributed by atoms with E-state index in [1.807, 2.05) is 13.8 Å². The van der Waals surface area contributed by atoms with Gasteiger partial charge in [-0.3, -0.25) is 15.1 Å². The fraction of sp³-hybridized carbons (Fsp3) is 0.200. The van der Waals surface area contributed by atoms with Gasteiger partial charge in [0.2, 0.25) is 0 Å². The maximum atomic E-state index is 11.2. The predicted molar refractivity (Wildman–Crippen MR) is 77.4 cm³/mol. The van der Waals surface area contributed by atoms with Gasteiger partial charge in [-0.2, -0.15) is 0 Å². The van der Waals surface area contributed by atoms with Crippen molar-refractivity contribution in [1.82, 2.24) is 4.98 Å². The van der Waals surface area contributed by atoms with Crippen molar-refractivity contribution in [2.75, 3.05) is 0 Å². The van der Waals surface area contributed by atoms with E-state index in [9.17, 15) is 14.9 Å². The number of hydrogen-bond acceptors (Lipinski definition) is 4. The van der Waals surface area contributed by atoms with Gasteiger partial charge in [0.05, 0.1) is 21.9 Å². The van der Waals surface area contributed by atoms with E-state index in [1.54, 1.807) is 18.2 Å². The maximum Gasteiger partial charge on any atom is 0.337 e. The zero-order valence-electron chi connectivity index (χ0n) is 11.6. The van der Waals surface area contributed by atoms with Crippen molar-refractivity contribution in [3.63, 3.8) is 0 Å². The van der Waals surface area contributed by atoms with Crippen LogP contribution in [0.25, 0.3) is 11.3 Å². The van der Waals surface area contributed by atoms with Crippen molar-refractivity contribution >= 4 is 11.7 Å². The van der Waals surface area contributed by atoms with Crippen LogP contribution in [0.3, 0.4) is 0 Å². The van der Waals surface area contributed by atoms with Gasteiger partial charge in [-0.15, -0.1) is 0 Å². The molecule has 6 heteroatoms. The lowest BCUT2D eigenvalue weighted by atomic mass is 10.0. The van der Waals surface area contributed by atoms with Crippen LogP contribution >= 0.6 is 0 Å². The zero-order chi connectivity index (χ0) is 15.6. The number of carbonyl (C=O) groups is 1. The first-order valence-corrected chi connectivity index (χ1v) is 6.39. The summed E-state index contributed by atoms with van der Waals surface area (Å²) in [6.07, 6.45) is 0. The second kappa shape index (κ2) is 5.70.